The van der Waals surface area contributed by atoms with Crippen molar-refractivity contribution in [1.29, 1.82) is 5.26 Å². The van der Waals surface area contributed by atoms with Crippen molar-refractivity contribution in [3.63, 3.8) is 0 Å². The minimum Gasteiger partial charge on any atom is -0.383 e. The van der Waals surface area contributed by atoms with Gasteiger partial charge in [0, 0.05) is 19.6 Å². The van der Waals surface area contributed by atoms with Crippen molar-refractivity contribution in [2.75, 3.05) is 20.3 Å². The van der Waals surface area contributed by atoms with Gasteiger partial charge in [0.25, 0.3) is 0 Å². The average Bonchev–Trinajstić information content (AvgIpc) is 2.18. The van der Waals surface area contributed by atoms with Gasteiger partial charge in [0.15, 0.2) is 0 Å². The van der Waals surface area contributed by atoms with Gasteiger partial charge in [-0.3, -0.25) is 0 Å². The Balaban J connectivity index is 3.36. The molecule has 0 saturated carbocycles. The van der Waals surface area contributed by atoms with Crippen LogP contribution in [0.5, 0.6) is 0 Å². The molecule has 0 bridgehead atoms. The van der Waals surface area contributed by atoms with E-state index in [1.54, 1.807) is 7.11 Å². The molecule has 0 fully saturated rings. The van der Waals surface area contributed by atoms with Gasteiger partial charge in [-0.1, -0.05) is 13.3 Å². The Morgan fingerprint density at radius 3 is 2.79 bits per heavy atom. The van der Waals surface area contributed by atoms with E-state index in [9.17, 15) is 0 Å². The number of unbranched alkanes of at least 4 members (excludes halogenated alkanes) is 2. The van der Waals surface area contributed by atoms with Crippen molar-refractivity contribution in [3.8, 4) is 6.07 Å². The molecule has 0 spiro atoms. The van der Waals surface area contributed by atoms with E-state index in [-0.39, 0.29) is 0 Å². The molecule has 0 radical (unpaired) electrons. The quantitative estimate of drug-likeness (QED) is 0.577. The first kappa shape index (κ1) is 13.4. The summed E-state index contributed by atoms with van der Waals surface area (Å²) in [5.74, 6) is 0. The maximum atomic E-state index is 8.35. The van der Waals surface area contributed by atoms with Gasteiger partial charge in [0.05, 0.1) is 12.7 Å². The number of nitrogens with one attached hydrogen (secondary N) is 1. The fourth-order valence-electron chi connectivity index (χ4n) is 1.43. The lowest BCUT2D eigenvalue weighted by Gasteiger charge is -2.16. The lowest BCUT2D eigenvalue weighted by atomic mass is 10.1. The Hall–Kier alpha value is -0.590. The van der Waals surface area contributed by atoms with Crippen molar-refractivity contribution in [1.82, 2.24) is 5.32 Å². The van der Waals surface area contributed by atoms with Gasteiger partial charge in [-0.25, -0.2) is 0 Å². The minimum absolute atomic E-state index is 0.479. The van der Waals surface area contributed by atoms with E-state index < -0.39 is 0 Å². The van der Waals surface area contributed by atoms with Gasteiger partial charge >= 0.3 is 0 Å². The van der Waals surface area contributed by atoms with Crippen LogP contribution in [0.25, 0.3) is 0 Å². The third-order valence-electron chi connectivity index (χ3n) is 2.15. The Morgan fingerprint density at radius 1 is 1.43 bits per heavy atom. The third kappa shape index (κ3) is 8.03. The second kappa shape index (κ2) is 10.5. The van der Waals surface area contributed by atoms with Crippen molar-refractivity contribution in [2.45, 2.75) is 45.1 Å². The first-order chi connectivity index (χ1) is 6.85. The van der Waals surface area contributed by atoms with Crippen LogP contribution in [0.1, 0.15) is 39.0 Å². The Labute approximate surface area is 87.4 Å². The van der Waals surface area contributed by atoms with E-state index in [4.69, 9.17) is 10.00 Å². The lowest BCUT2D eigenvalue weighted by Crippen LogP contribution is -2.33. The Bertz CT molecular complexity index is 148. The van der Waals surface area contributed by atoms with Gasteiger partial charge in [0.1, 0.15) is 0 Å². The molecule has 0 saturated heterocycles. The standard InChI is InChI=1S/C11H22N2O/c1-3-7-11(10-14-2)13-9-6-4-5-8-12/h11,13H,3-7,9-10H2,1-2H3. The second-order valence-electron chi connectivity index (χ2n) is 3.51. The number of nitriles is 1. The molecule has 1 unspecified atom stereocenters. The van der Waals surface area contributed by atoms with Gasteiger partial charge in [-0.15, -0.1) is 0 Å². The van der Waals surface area contributed by atoms with Crippen LogP contribution in [0, 0.1) is 11.3 Å². The monoisotopic (exact) mass is 198 g/mol. The molecule has 0 aliphatic heterocycles. The summed E-state index contributed by atoms with van der Waals surface area (Å²) in [6, 6.07) is 2.63. The smallest absolute Gasteiger partial charge is 0.0621 e. The summed E-state index contributed by atoms with van der Waals surface area (Å²) in [7, 11) is 1.74. The van der Waals surface area contributed by atoms with Crippen LogP contribution in [-0.2, 0) is 4.74 Å². The van der Waals surface area contributed by atoms with Crippen LogP contribution in [0.15, 0.2) is 0 Å². The maximum Gasteiger partial charge on any atom is 0.0621 e. The highest BCUT2D eigenvalue weighted by molar-refractivity contribution is 4.70. The van der Waals surface area contributed by atoms with Crippen molar-refractivity contribution >= 4 is 0 Å². The molecular formula is C11H22N2O. The van der Waals surface area contributed by atoms with Crippen LogP contribution in [0.3, 0.4) is 0 Å². The zero-order valence-corrected chi connectivity index (χ0v) is 9.38. The summed E-state index contributed by atoms with van der Waals surface area (Å²) < 4.78 is 5.12. The summed E-state index contributed by atoms with van der Waals surface area (Å²) in [4.78, 5) is 0. The highest BCUT2D eigenvalue weighted by Gasteiger charge is 2.04. The van der Waals surface area contributed by atoms with Crippen LogP contribution in [-0.4, -0.2) is 26.3 Å². The molecule has 0 rings (SSSR count). The van der Waals surface area contributed by atoms with E-state index in [0.717, 1.165) is 32.4 Å². The second-order valence-corrected chi connectivity index (χ2v) is 3.51. The van der Waals surface area contributed by atoms with E-state index in [1.165, 1.54) is 6.42 Å². The minimum atomic E-state index is 0.479. The Kier molecular flexibility index (Phi) is 10.0. The number of nitrogens with zero attached hydrogens (tertiary/aromatic N) is 1. The maximum absolute atomic E-state index is 8.35. The highest BCUT2D eigenvalue weighted by Crippen LogP contribution is 1.98. The zero-order valence-electron chi connectivity index (χ0n) is 9.38. The largest absolute Gasteiger partial charge is 0.383 e. The van der Waals surface area contributed by atoms with Crippen molar-refractivity contribution in [3.05, 3.63) is 0 Å². The van der Waals surface area contributed by atoms with Crippen LogP contribution < -0.4 is 5.32 Å². The molecule has 0 amide bonds. The van der Waals surface area contributed by atoms with Crippen LogP contribution in [0.2, 0.25) is 0 Å². The van der Waals surface area contributed by atoms with Gasteiger partial charge < -0.3 is 10.1 Å². The summed E-state index contributed by atoms with van der Waals surface area (Å²) in [5, 5.41) is 11.8. The summed E-state index contributed by atoms with van der Waals surface area (Å²) in [5.41, 5.74) is 0. The van der Waals surface area contributed by atoms with Gasteiger partial charge in [-0.05, 0) is 25.8 Å². The zero-order chi connectivity index (χ0) is 10.6. The summed E-state index contributed by atoms with van der Waals surface area (Å²) in [6.45, 7) is 3.96. The van der Waals surface area contributed by atoms with E-state index >= 15 is 0 Å². The number of hydrogen-bond donors (Lipinski definition) is 1. The molecule has 1 N–H and O–H groups in total. The molecule has 3 heteroatoms. The summed E-state index contributed by atoms with van der Waals surface area (Å²) >= 11 is 0. The average molecular weight is 198 g/mol. The van der Waals surface area contributed by atoms with Crippen molar-refractivity contribution in [2.24, 2.45) is 0 Å². The molecule has 0 heterocycles. The van der Waals surface area contributed by atoms with E-state index in [1.807, 2.05) is 0 Å². The molecule has 14 heavy (non-hydrogen) atoms. The van der Waals surface area contributed by atoms with E-state index in [2.05, 4.69) is 18.3 Å². The fraction of sp³-hybridized carbons (Fsp3) is 0.909. The normalized spacial score (nSPS) is 12.4. The number of ether oxygens (including phenoxy) is 1. The molecule has 0 aromatic rings. The Morgan fingerprint density at radius 2 is 2.21 bits per heavy atom. The molecule has 82 valence electrons. The molecule has 0 aliphatic rings. The van der Waals surface area contributed by atoms with Gasteiger partial charge in [-0.2, -0.15) is 5.26 Å². The summed E-state index contributed by atoms with van der Waals surface area (Å²) in [6.07, 6.45) is 5.09. The first-order valence-corrected chi connectivity index (χ1v) is 5.44. The third-order valence-corrected chi connectivity index (χ3v) is 2.15. The molecular weight excluding hydrogens is 176 g/mol. The fourth-order valence-corrected chi connectivity index (χ4v) is 1.43. The van der Waals surface area contributed by atoms with Crippen LogP contribution in [0.4, 0.5) is 0 Å². The molecule has 0 aromatic heterocycles. The van der Waals surface area contributed by atoms with Crippen LogP contribution >= 0.6 is 0 Å². The van der Waals surface area contributed by atoms with Crippen molar-refractivity contribution < 1.29 is 4.74 Å². The van der Waals surface area contributed by atoms with E-state index in [0.29, 0.717) is 12.5 Å². The van der Waals surface area contributed by atoms with Gasteiger partial charge in [0.2, 0.25) is 0 Å². The SMILES string of the molecule is CCCC(COC)NCCCCC#N. The first-order valence-electron chi connectivity index (χ1n) is 5.44. The lowest BCUT2D eigenvalue weighted by molar-refractivity contribution is 0.162. The molecule has 0 aliphatic carbocycles. The number of rotatable bonds is 9. The predicted molar refractivity (Wildman–Crippen MR) is 58.0 cm³/mol. The number of hydrogen-bond acceptors (Lipinski definition) is 3. The predicted octanol–water partition coefficient (Wildman–Crippen LogP) is 2.08. The molecule has 0 aromatic carbocycles. The number of methoxy groups -OCH3 is 1. The molecule has 1 atom stereocenters. The highest BCUT2D eigenvalue weighted by atomic mass is 16.5. The topological polar surface area (TPSA) is 45.0 Å². The molecule has 3 nitrogen and oxygen atoms in total.